The molecule has 22 heavy (non-hydrogen) atoms. The van der Waals surface area contributed by atoms with Crippen molar-refractivity contribution in [1.82, 2.24) is 19.9 Å². The molecule has 1 atom stereocenters. The van der Waals surface area contributed by atoms with Gasteiger partial charge in [0.1, 0.15) is 11.6 Å². The van der Waals surface area contributed by atoms with E-state index in [4.69, 9.17) is 0 Å². The molecule has 1 N–H and O–H groups in total. The van der Waals surface area contributed by atoms with E-state index in [1.807, 2.05) is 36.2 Å². The van der Waals surface area contributed by atoms with Crippen LogP contribution in [0.15, 0.2) is 30.6 Å². The lowest BCUT2D eigenvalue weighted by molar-refractivity contribution is -0.136. The third kappa shape index (κ3) is 3.05. The smallest absolute Gasteiger partial charge is 0.220 e. The standard InChI is InChI=1S/C16H19N5O/c1-11-19-14(15-5-7-21(15)12(2)22)8-16(20-11)18-10-13-4-3-6-17-9-13/h3-4,6,8-9,15H,5,7,10H2,1-2H3,(H,18,19,20). The molecule has 0 aromatic carbocycles. The largest absolute Gasteiger partial charge is 0.366 e. The molecule has 3 heterocycles. The third-order valence-electron chi connectivity index (χ3n) is 3.82. The summed E-state index contributed by atoms with van der Waals surface area (Å²) in [5.74, 6) is 1.58. The second kappa shape index (κ2) is 6.09. The second-order valence-corrected chi connectivity index (χ2v) is 5.46. The van der Waals surface area contributed by atoms with Crippen LogP contribution in [0.4, 0.5) is 5.82 Å². The molecule has 114 valence electrons. The average molecular weight is 297 g/mol. The van der Waals surface area contributed by atoms with Crippen molar-refractivity contribution >= 4 is 11.7 Å². The fourth-order valence-electron chi connectivity index (χ4n) is 2.62. The van der Waals surface area contributed by atoms with Gasteiger partial charge >= 0.3 is 0 Å². The molecular formula is C16H19N5O. The summed E-state index contributed by atoms with van der Waals surface area (Å²) in [6.07, 6.45) is 4.53. The van der Waals surface area contributed by atoms with Crippen LogP contribution in [0, 0.1) is 6.92 Å². The van der Waals surface area contributed by atoms with Crippen LogP contribution >= 0.6 is 0 Å². The zero-order chi connectivity index (χ0) is 15.5. The van der Waals surface area contributed by atoms with Crippen molar-refractivity contribution in [2.24, 2.45) is 0 Å². The summed E-state index contributed by atoms with van der Waals surface area (Å²) in [6, 6.07) is 5.94. The van der Waals surface area contributed by atoms with Gasteiger partial charge < -0.3 is 10.2 Å². The number of carbonyl (C=O) groups is 1. The number of anilines is 1. The van der Waals surface area contributed by atoms with Gasteiger partial charge in [0.25, 0.3) is 0 Å². The number of carbonyl (C=O) groups excluding carboxylic acids is 1. The Hall–Kier alpha value is -2.50. The van der Waals surface area contributed by atoms with Crippen molar-refractivity contribution < 1.29 is 4.79 Å². The number of pyridine rings is 1. The number of rotatable bonds is 4. The van der Waals surface area contributed by atoms with E-state index < -0.39 is 0 Å². The van der Waals surface area contributed by atoms with Crippen LogP contribution in [0.2, 0.25) is 0 Å². The quantitative estimate of drug-likeness (QED) is 0.935. The number of aryl methyl sites for hydroxylation is 1. The molecule has 0 bridgehead atoms. The molecule has 6 heteroatoms. The van der Waals surface area contributed by atoms with Crippen LogP contribution in [-0.2, 0) is 11.3 Å². The lowest BCUT2D eigenvalue weighted by Gasteiger charge is -2.40. The molecule has 1 aliphatic rings. The first-order valence-corrected chi connectivity index (χ1v) is 7.39. The van der Waals surface area contributed by atoms with Crippen molar-refractivity contribution in [2.75, 3.05) is 11.9 Å². The highest BCUT2D eigenvalue weighted by atomic mass is 16.2. The molecule has 0 radical (unpaired) electrons. The summed E-state index contributed by atoms with van der Waals surface area (Å²) in [4.78, 5) is 26.4. The minimum absolute atomic E-state index is 0.0816. The highest BCUT2D eigenvalue weighted by molar-refractivity contribution is 5.74. The number of likely N-dealkylation sites (tertiary alicyclic amines) is 1. The number of amides is 1. The summed E-state index contributed by atoms with van der Waals surface area (Å²) in [6.45, 7) is 4.93. The van der Waals surface area contributed by atoms with Gasteiger partial charge in [0.15, 0.2) is 0 Å². The van der Waals surface area contributed by atoms with Crippen LogP contribution in [0.1, 0.15) is 36.5 Å². The van der Waals surface area contributed by atoms with Gasteiger partial charge in [-0.15, -0.1) is 0 Å². The molecule has 1 saturated heterocycles. The van der Waals surface area contributed by atoms with Crippen LogP contribution < -0.4 is 5.32 Å². The van der Waals surface area contributed by atoms with Gasteiger partial charge in [0.2, 0.25) is 5.91 Å². The molecule has 1 amide bonds. The monoisotopic (exact) mass is 297 g/mol. The molecule has 0 saturated carbocycles. The fourth-order valence-corrected chi connectivity index (χ4v) is 2.62. The first-order valence-electron chi connectivity index (χ1n) is 7.39. The first kappa shape index (κ1) is 14.4. The van der Waals surface area contributed by atoms with Gasteiger partial charge in [0.05, 0.1) is 11.7 Å². The van der Waals surface area contributed by atoms with Crippen molar-refractivity contribution in [1.29, 1.82) is 0 Å². The van der Waals surface area contributed by atoms with Gasteiger partial charge in [-0.3, -0.25) is 9.78 Å². The van der Waals surface area contributed by atoms with Crippen molar-refractivity contribution in [3.63, 3.8) is 0 Å². The van der Waals surface area contributed by atoms with E-state index in [0.29, 0.717) is 12.4 Å². The Kier molecular flexibility index (Phi) is 4.00. The van der Waals surface area contributed by atoms with E-state index in [2.05, 4.69) is 20.3 Å². The Morgan fingerprint density at radius 2 is 2.32 bits per heavy atom. The molecule has 2 aromatic heterocycles. The minimum Gasteiger partial charge on any atom is -0.366 e. The normalized spacial score (nSPS) is 17.0. The van der Waals surface area contributed by atoms with E-state index in [1.54, 1.807) is 13.1 Å². The first-order chi connectivity index (χ1) is 10.6. The molecule has 1 unspecified atom stereocenters. The molecular weight excluding hydrogens is 278 g/mol. The zero-order valence-corrected chi connectivity index (χ0v) is 12.8. The highest BCUT2D eigenvalue weighted by Crippen LogP contribution is 2.32. The summed E-state index contributed by atoms with van der Waals surface area (Å²) >= 11 is 0. The lowest BCUT2D eigenvalue weighted by Crippen LogP contribution is -2.44. The predicted molar refractivity (Wildman–Crippen MR) is 83.1 cm³/mol. The van der Waals surface area contributed by atoms with Crippen molar-refractivity contribution in [2.45, 2.75) is 32.9 Å². The van der Waals surface area contributed by atoms with Crippen LogP contribution in [0.25, 0.3) is 0 Å². The maximum absolute atomic E-state index is 11.6. The summed E-state index contributed by atoms with van der Waals surface area (Å²) < 4.78 is 0. The van der Waals surface area contributed by atoms with E-state index in [1.165, 1.54) is 0 Å². The van der Waals surface area contributed by atoms with Crippen LogP contribution in [-0.4, -0.2) is 32.3 Å². The third-order valence-corrected chi connectivity index (χ3v) is 3.82. The van der Waals surface area contributed by atoms with E-state index in [9.17, 15) is 4.79 Å². The molecule has 2 aromatic rings. The van der Waals surface area contributed by atoms with Gasteiger partial charge in [-0.2, -0.15) is 0 Å². The van der Waals surface area contributed by atoms with Crippen molar-refractivity contribution in [3.8, 4) is 0 Å². The predicted octanol–water partition coefficient (Wildman–Crippen LogP) is 2.09. The highest BCUT2D eigenvalue weighted by Gasteiger charge is 2.32. The Morgan fingerprint density at radius 3 is 2.95 bits per heavy atom. The van der Waals surface area contributed by atoms with Crippen molar-refractivity contribution in [3.05, 3.63) is 47.7 Å². The van der Waals surface area contributed by atoms with Crippen LogP contribution in [0.5, 0.6) is 0 Å². The van der Waals surface area contributed by atoms with Crippen LogP contribution in [0.3, 0.4) is 0 Å². The maximum Gasteiger partial charge on any atom is 0.220 e. The summed E-state index contributed by atoms with van der Waals surface area (Å²) in [5.41, 5.74) is 2.00. The minimum atomic E-state index is 0.0816. The summed E-state index contributed by atoms with van der Waals surface area (Å²) in [7, 11) is 0. The molecule has 3 rings (SSSR count). The second-order valence-electron chi connectivity index (χ2n) is 5.46. The summed E-state index contributed by atoms with van der Waals surface area (Å²) in [5, 5.41) is 3.29. The maximum atomic E-state index is 11.6. The van der Waals surface area contributed by atoms with E-state index >= 15 is 0 Å². The zero-order valence-electron chi connectivity index (χ0n) is 12.8. The van der Waals surface area contributed by atoms with Gasteiger partial charge in [-0.1, -0.05) is 6.07 Å². The molecule has 0 aliphatic carbocycles. The fraction of sp³-hybridized carbons (Fsp3) is 0.375. The number of aromatic nitrogens is 3. The SMILES string of the molecule is CC(=O)N1CCC1c1cc(NCc2cccnc2)nc(C)n1. The lowest BCUT2D eigenvalue weighted by atomic mass is 9.99. The number of nitrogens with zero attached hydrogens (tertiary/aromatic N) is 4. The average Bonchev–Trinajstić information content (AvgIpc) is 2.44. The van der Waals surface area contributed by atoms with E-state index in [-0.39, 0.29) is 11.9 Å². The van der Waals surface area contributed by atoms with E-state index in [0.717, 1.165) is 30.0 Å². The van der Waals surface area contributed by atoms with Gasteiger partial charge in [0, 0.05) is 38.5 Å². The number of nitrogens with one attached hydrogen (secondary N) is 1. The molecule has 1 aliphatic heterocycles. The Labute approximate surface area is 129 Å². The molecule has 0 spiro atoms. The van der Waals surface area contributed by atoms with Gasteiger partial charge in [-0.05, 0) is 25.0 Å². The topological polar surface area (TPSA) is 71.0 Å². The Morgan fingerprint density at radius 1 is 1.45 bits per heavy atom. The molecule has 1 fully saturated rings. The molecule has 6 nitrogen and oxygen atoms in total. The number of hydrogen-bond acceptors (Lipinski definition) is 5. The Balaban J connectivity index is 1.74. The number of hydrogen-bond donors (Lipinski definition) is 1. The van der Waals surface area contributed by atoms with Gasteiger partial charge in [-0.25, -0.2) is 9.97 Å². The Bertz CT molecular complexity index is 673.